The van der Waals surface area contributed by atoms with Gasteiger partial charge in [0.05, 0.1) is 17.2 Å². The number of ketones is 1. The Morgan fingerprint density at radius 3 is 2.43 bits per heavy atom. The molecule has 0 bridgehead atoms. The number of hydrogen-bond acceptors (Lipinski definition) is 5. The van der Waals surface area contributed by atoms with Gasteiger partial charge in [-0.2, -0.15) is 0 Å². The molecule has 3 aromatic rings. The zero-order valence-electron chi connectivity index (χ0n) is 20.0. The Morgan fingerprint density at radius 2 is 1.71 bits per heavy atom. The van der Waals surface area contributed by atoms with E-state index < -0.39 is 10.8 Å². The molecule has 0 amide bonds. The Bertz CT molecular complexity index is 1090. The van der Waals surface area contributed by atoms with E-state index in [1.807, 2.05) is 37.3 Å². The van der Waals surface area contributed by atoms with Crippen LogP contribution in [-0.4, -0.2) is 38.7 Å². The van der Waals surface area contributed by atoms with Crippen LogP contribution in [0.2, 0.25) is 0 Å². The minimum atomic E-state index is -1.29. The SMILES string of the molecule is C.Cc1oc(-c2ccc(CN3CCCCC3)cc2)nc1CS(=O)CC(=O)CCCc1ccccc1. The van der Waals surface area contributed by atoms with E-state index in [9.17, 15) is 9.00 Å². The number of hydrogen-bond donors (Lipinski definition) is 0. The molecule has 5 nitrogen and oxygen atoms in total. The summed E-state index contributed by atoms with van der Waals surface area (Å²) in [6, 6.07) is 18.5. The van der Waals surface area contributed by atoms with Gasteiger partial charge in [0, 0.05) is 29.3 Å². The fraction of sp³-hybridized carbons (Fsp3) is 0.448. The van der Waals surface area contributed by atoms with Crippen LogP contribution >= 0.6 is 0 Å². The predicted molar refractivity (Wildman–Crippen MR) is 144 cm³/mol. The average Bonchev–Trinajstić information content (AvgIpc) is 3.20. The van der Waals surface area contributed by atoms with E-state index in [1.165, 1.54) is 43.5 Å². The van der Waals surface area contributed by atoms with Crippen LogP contribution in [0.4, 0.5) is 0 Å². The third kappa shape index (κ3) is 8.25. The second kappa shape index (κ2) is 13.5. The number of oxazole rings is 1. The monoisotopic (exact) mass is 494 g/mol. The topological polar surface area (TPSA) is 63.4 Å². The van der Waals surface area contributed by atoms with Gasteiger partial charge in [-0.25, -0.2) is 4.98 Å². The lowest BCUT2D eigenvalue weighted by Gasteiger charge is -2.26. The molecule has 1 aromatic heterocycles. The summed E-state index contributed by atoms with van der Waals surface area (Å²) in [4.78, 5) is 19.4. The zero-order chi connectivity index (χ0) is 23.8. The minimum absolute atomic E-state index is 0. The number of aryl methyl sites for hydroxylation is 2. The van der Waals surface area contributed by atoms with Gasteiger partial charge in [0.15, 0.2) is 0 Å². The van der Waals surface area contributed by atoms with Crippen molar-refractivity contribution in [3.8, 4) is 11.5 Å². The van der Waals surface area contributed by atoms with E-state index in [0.717, 1.165) is 24.9 Å². The highest BCUT2D eigenvalue weighted by Crippen LogP contribution is 2.24. The van der Waals surface area contributed by atoms with Gasteiger partial charge in [0.2, 0.25) is 5.89 Å². The van der Waals surface area contributed by atoms with Gasteiger partial charge in [-0.3, -0.25) is 13.9 Å². The molecule has 1 atom stereocenters. The molecule has 0 radical (unpaired) electrons. The first kappa shape index (κ1) is 27.0. The maximum Gasteiger partial charge on any atom is 0.226 e. The summed E-state index contributed by atoms with van der Waals surface area (Å²) in [5.41, 5.74) is 4.10. The third-order valence-electron chi connectivity index (χ3n) is 6.33. The molecule has 35 heavy (non-hydrogen) atoms. The van der Waals surface area contributed by atoms with Gasteiger partial charge >= 0.3 is 0 Å². The van der Waals surface area contributed by atoms with Gasteiger partial charge in [0.25, 0.3) is 0 Å². The van der Waals surface area contributed by atoms with Crippen molar-refractivity contribution in [2.45, 2.75) is 65.2 Å². The van der Waals surface area contributed by atoms with E-state index >= 15 is 0 Å². The third-order valence-corrected chi connectivity index (χ3v) is 7.57. The summed E-state index contributed by atoms with van der Waals surface area (Å²) in [7, 11) is -1.29. The van der Waals surface area contributed by atoms with Crippen LogP contribution in [0.3, 0.4) is 0 Å². The standard InChI is InChI=1S/C28H34N2O3S.CH4/c1-22-27(21-34(32)20-26(31)12-8-11-23-9-4-2-5-10-23)29-28(33-22)25-15-13-24(14-16-25)19-30-17-6-3-7-18-30;/h2,4-5,9-10,13-16H,3,6-8,11-12,17-21H2,1H3;1H4. The number of carbonyl (C=O) groups excluding carboxylic acids is 1. The average molecular weight is 495 g/mol. The highest BCUT2D eigenvalue weighted by Gasteiger charge is 2.17. The maximum atomic E-state index is 12.6. The van der Waals surface area contributed by atoms with Crippen molar-refractivity contribution < 1.29 is 13.4 Å². The van der Waals surface area contributed by atoms with Crippen molar-refractivity contribution in [2.24, 2.45) is 0 Å². The molecule has 1 aliphatic rings. The first-order valence-electron chi connectivity index (χ1n) is 12.3. The zero-order valence-corrected chi connectivity index (χ0v) is 20.8. The predicted octanol–water partition coefficient (Wildman–Crippen LogP) is 6.11. The van der Waals surface area contributed by atoms with Crippen LogP contribution in [0.25, 0.3) is 11.5 Å². The lowest BCUT2D eigenvalue weighted by Crippen LogP contribution is -2.28. The molecule has 0 spiro atoms. The van der Waals surface area contributed by atoms with E-state index in [2.05, 4.69) is 34.1 Å². The first-order chi connectivity index (χ1) is 16.6. The number of rotatable bonds is 11. The number of aromatic nitrogens is 1. The Labute approximate surface area is 212 Å². The Hall–Kier alpha value is -2.57. The van der Waals surface area contributed by atoms with E-state index in [0.29, 0.717) is 23.8 Å². The smallest absolute Gasteiger partial charge is 0.226 e. The van der Waals surface area contributed by atoms with Crippen LogP contribution in [0.5, 0.6) is 0 Å². The molecule has 0 saturated carbocycles. The van der Waals surface area contributed by atoms with E-state index in [4.69, 9.17) is 4.42 Å². The molecular weight excluding hydrogens is 456 g/mol. The summed E-state index contributed by atoms with van der Waals surface area (Å²) < 4.78 is 18.5. The lowest BCUT2D eigenvalue weighted by molar-refractivity contribution is -0.116. The molecule has 1 aliphatic heterocycles. The first-order valence-corrected chi connectivity index (χ1v) is 13.7. The van der Waals surface area contributed by atoms with Crippen molar-refractivity contribution in [3.05, 3.63) is 77.2 Å². The van der Waals surface area contributed by atoms with Crippen molar-refractivity contribution in [1.29, 1.82) is 0 Å². The molecule has 0 N–H and O–H groups in total. The van der Waals surface area contributed by atoms with Crippen molar-refractivity contribution in [2.75, 3.05) is 18.8 Å². The van der Waals surface area contributed by atoms with Gasteiger partial charge in [-0.05, 0) is 69.0 Å². The number of nitrogens with zero attached hydrogens (tertiary/aromatic N) is 2. The van der Waals surface area contributed by atoms with Crippen molar-refractivity contribution in [1.82, 2.24) is 9.88 Å². The summed E-state index contributed by atoms with van der Waals surface area (Å²) in [5, 5.41) is 0. The summed E-state index contributed by atoms with van der Waals surface area (Å²) >= 11 is 0. The van der Waals surface area contributed by atoms with Crippen LogP contribution in [0.1, 0.15) is 62.1 Å². The van der Waals surface area contributed by atoms with E-state index in [1.54, 1.807) is 0 Å². The number of benzene rings is 2. The molecule has 4 rings (SSSR count). The molecule has 2 aromatic carbocycles. The second-order valence-corrected chi connectivity index (χ2v) is 10.6. The summed E-state index contributed by atoms with van der Waals surface area (Å²) in [6.45, 7) is 5.18. The fourth-order valence-electron chi connectivity index (χ4n) is 4.40. The van der Waals surface area contributed by atoms with Gasteiger partial charge < -0.3 is 4.42 Å². The minimum Gasteiger partial charge on any atom is -0.441 e. The largest absolute Gasteiger partial charge is 0.441 e. The Kier molecular flexibility index (Phi) is 10.4. The van der Waals surface area contributed by atoms with Crippen LogP contribution < -0.4 is 0 Å². The highest BCUT2D eigenvalue weighted by molar-refractivity contribution is 7.84. The number of piperidine rings is 1. The molecule has 2 heterocycles. The quantitative estimate of drug-likeness (QED) is 0.322. The molecule has 1 saturated heterocycles. The maximum absolute atomic E-state index is 12.6. The Morgan fingerprint density at radius 1 is 1.00 bits per heavy atom. The van der Waals surface area contributed by atoms with Crippen molar-refractivity contribution in [3.63, 3.8) is 0 Å². The van der Waals surface area contributed by atoms with E-state index in [-0.39, 0.29) is 24.7 Å². The summed E-state index contributed by atoms with van der Waals surface area (Å²) in [5.74, 6) is 1.56. The van der Waals surface area contributed by atoms with Crippen LogP contribution in [-0.2, 0) is 34.3 Å². The second-order valence-electron chi connectivity index (χ2n) is 9.16. The fourth-order valence-corrected chi connectivity index (χ4v) is 5.58. The van der Waals surface area contributed by atoms with Crippen LogP contribution in [0.15, 0.2) is 59.0 Å². The molecule has 188 valence electrons. The molecule has 1 unspecified atom stereocenters. The van der Waals surface area contributed by atoms with Gasteiger partial charge in [-0.1, -0.05) is 56.3 Å². The molecule has 0 aliphatic carbocycles. The molecule has 6 heteroatoms. The van der Waals surface area contributed by atoms with Gasteiger partial charge in [-0.15, -0.1) is 0 Å². The van der Waals surface area contributed by atoms with Gasteiger partial charge in [0.1, 0.15) is 11.5 Å². The number of likely N-dealkylation sites (tertiary alicyclic amines) is 1. The summed E-state index contributed by atoms with van der Waals surface area (Å²) in [6.07, 6.45) is 6.01. The number of carbonyl (C=O) groups is 1. The number of Topliss-reactive ketones (excluding diaryl/α,β-unsaturated/α-hetero) is 1. The Balaban J connectivity index is 0.00000342. The molecular formula is C29H38N2O3S. The normalized spacial score (nSPS) is 14.9. The highest BCUT2D eigenvalue weighted by atomic mass is 32.2. The lowest BCUT2D eigenvalue weighted by atomic mass is 10.1. The van der Waals surface area contributed by atoms with Crippen LogP contribution in [0, 0.1) is 6.92 Å². The molecule has 1 fully saturated rings. The van der Waals surface area contributed by atoms with Crippen molar-refractivity contribution >= 4 is 16.6 Å².